The van der Waals surface area contributed by atoms with Crippen LogP contribution in [0.1, 0.15) is 10.4 Å². The summed E-state index contributed by atoms with van der Waals surface area (Å²) in [6.07, 6.45) is 3.44. The second-order valence-electron chi connectivity index (χ2n) is 5.89. The summed E-state index contributed by atoms with van der Waals surface area (Å²) >= 11 is 7.45. The number of hydrogen-bond donors (Lipinski definition) is 1. The van der Waals surface area contributed by atoms with Crippen LogP contribution in [0.3, 0.4) is 0 Å². The Morgan fingerprint density at radius 3 is 2.78 bits per heavy atom. The van der Waals surface area contributed by atoms with E-state index in [9.17, 15) is 4.79 Å². The van der Waals surface area contributed by atoms with Gasteiger partial charge in [-0.05, 0) is 0 Å². The van der Waals surface area contributed by atoms with Crippen LogP contribution in [0.5, 0.6) is 0 Å². The Morgan fingerprint density at radius 1 is 1.15 bits per heavy atom. The number of imidazole rings is 1. The van der Waals surface area contributed by atoms with Gasteiger partial charge in [-0.3, -0.25) is 0 Å². The summed E-state index contributed by atoms with van der Waals surface area (Å²) in [5.74, 6) is -0.123. The van der Waals surface area contributed by atoms with Gasteiger partial charge in [0.05, 0.1) is 0 Å². The van der Waals surface area contributed by atoms with Crippen molar-refractivity contribution in [3.8, 4) is 22.4 Å². The predicted octanol–water partition coefficient (Wildman–Crippen LogP) is 1.73. The normalized spacial score (nSPS) is 10.9. The molecule has 1 aromatic carbocycles. The van der Waals surface area contributed by atoms with Crippen molar-refractivity contribution >= 4 is 44.5 Å². The number of nitrogens with zero attached hydrogens (tertiary/aromatic N) is 4. The first-order chi connectivity index (χ1) is 13.1. The first-order valence-electron chi connectivity index (χ1n) is 8.15. The average molecular weight is 440 g/mol. The molecule has 3 heterocycles. The Morgan fingerprint density at radius 2 is 2.00 bits per heavy atom. The summed E-state index contributed by atoms with van der Waals surface area (Å²) in [6.45, 7) is 0. The topological polar surface area (TPSA) is 72.2 Å². The van der Waals surface area contributed by atoms with Gasteiger partial charge in [0.15, 0.2) is 0 Å². The molecule has 8 heteroatoms. The SMILES string of the molecule is CNC(=O)c1cccc(-c2cnn3c(-c4ccnc(Cl)c4)c([AsH2])nc3c2)c1. The zero-order valence-electron chi connectivity index (χ0n) is 14.3. The average Bonchev–Trinajstić information content (AvgIpc) is 3.02. The molecule has 0 saturated carbocycles. The van der Waals surface area contributed by atoms with Gasteiger partial charge in [0.2, 0.25) is 0 Å². The van der Waals surface area contributed by atoms with Crippen LogP contribution in [0, 0.1) is 0 Å². The fourth-order valence-electron chi connectivity index (χ4n) is 2.92. The second-order valence-corrected chi connectivity index (χ2v) is 7.42. The quantitative estimate of drug-likeness (QED) is 0.390. The van der Waals surface area contributed by atoms with E-state index in [1.807, 2.05) is 30.3 Å². The van der Waals surface area contributed by atoms with E-state index < -0.39 is 0 Å². The van der Waals surface area contributed by atoms with Gasteiger partial charge in [-0.25, -0.2) is 0 Å². The van der Waals surface area contributed by atoms with Gasteiger partial charge in [-0.2, -0.15) is 0 Å². The molecule has 1 amide bonds. The van der Waals surface area contributed by atoms with E-state index in [-0.39, 0.29) is 5.91 Å². The summed E-state index contributed by atoms with van der Waals surface area (Å²) < 4.78 is 2.71. The van der Waals surface area contributed by atoms with Gasteiger partial charge in [0.1, 0.15) is 0 Å². The van der Waals surface area contributed by atoms with Crippen molar-refractivity contribution in [2.24, 2.45) is 0 Å². The number of benzene rings is 1. The summed E-state index contributed by atoms with van der Waals surface area (Å²) in [7, 11) is 1.62. The molecule has 0 radical (unpaired) electrons. The van der Waals surface area contributed by atoms with Gasteiger partial charge in [0.25, 0.3) is 0 Å². The van der Waals surface area contributed by atoms with E-state index in [2.05, 4.69) is 20.4 Å². The minimum absolute atomic E-state index is 0.123. The molecule has 134 valence electrons. The number of halogens is 1. The summed E-state index contributed by atoms with van der Waals surface area (Å²) in [4.78, 5) is 20.6. The maximum atomic E-state index is 11.9. The minimum atomic E-state index is -0.123. The number of aromatic nitrogens is 4. The van der Waals surface area contributed by atoms with Crippen molar-refractivity contribution < 1.29 is 4.79 Å². The Labute approximate surface area is 169 Å². The molecule has 0 aliphatic rings. The molecular weight excluding hydrogens is 425 g/mol. The summed E-state index contributed by atoms with van der Waals surface area (Å²) in [5.41, 5.74) is 4.96. The third kappa shape index (κ3) is 3.34. The summed E-state index contributed by atoms with van der Waals surface area (Å²) in [5, 5.41) is 7.65. The molecular formula is C19H15AsClN5O. The molecule has 3 aromatic heterocycles. The van der Waals surface area contributed by atoms with Crippen molar-refractivity contribution in [1.82, 2.24) is 24.9 Å². The fraction of sp³-hybridized carbons (Fsp3) is 0.0526. The third-order valence-corrected chi connectivity index (χ3v) is 5.24. The number of fused-ring (bicyclic) bond motifs is 1. The van der Waals surface area contributed by atoms with Crippen LogP contribution in [0.25, 0.3) is 28.0 Å². The Balaban J connectivity index is 1.82. The third-order valence-electron chi connectivity index (χ3n) is 4.19. The maximum absolute atomic E-state index is 11.9. The second kappa shape index (κ2) is 7.14. The first kappa shape index (κ1) is 17.7. The Kier molecular flexibility index (Phi) is 4.68. The molecule has 1 unspecified atom stereocenters. The zero-order chi connectivity index (χ0) is 19.0. The van der Waals surface area contributed by atoms with Crippen molar-refractivity contribution in [3.05, 3.63) is 65.6 Å². The monoisotopic (exact) mass is 439 g/mol. The predicted molar refractivity (Wildman–Crippen MR) is 108 cm³/mol. The van der Waals surface area contributed by atoms with Crippen LogP contribution in [0.2, 0.25) is 5.15 Å². The van der Waals surface area contributed by atoms with E-state index in [4.69, 9.17) is 11.6 Å². The first-order valence-corrected chi connectivity index (χ1v) is 9.74. The van der Waals surface area contributed by atoms with Crippen molar-refractivity contribution in [1.29, 1.82) is 0 Å². The molecule has 0 aliphatic heterocycles. The molecule has 27 heavy (non-hydrogen) atoms. The molecule has 4 rings (SSSR count). The number of amides is 1. The van der Waals surface area contributed by atoms with Gasteiger partial charge < -0.3 is 0 Å². The van der Waals surface area contributed by atoms with Crippen molar-refractivity contribution in [3.63, 3.8) is 0 Å². The Bertz CT molecular complexity index is 1170. The van der Waals surface area contributed by atoms with Crippen LogP contribution in [0.15, 0.2) is 54.9 Å². The molecule has 4 aromatic rings. The molecule has 0 bridgehead atoms. The number of rotatable bonds is 3. The fourth-order valence-corrected chi connectivity index (χ4v) is 3.97. The van der Waals surface area contributed by atoms with E-state index in [0.717, 1.165) is 32.5 Å². The van der Waals surface area contributed by atoms with Crippen LogP contribution in [-0.2, 0) is 0 Å². The van der Waals surface area contributed by atoms with E-state index >= 15 is 0 Å². The van der Waals surface area contributed by atoms with Crippen LogP contribution in [-0.4, -0.2) is 49.4 Å². The molecule has 0 aliphatic carbocycles. The van der Waals surface area contributed by atoms with Gasteiger partial charge in [0, 0.05) is 0 Å². The molecule has 0 saturated heterocycles. The van der Waals surface area contributed by atoms with Gasteiger partial charge >= 0.3 is 169 Å². The molecule has 1 N–H and O–H groups in total. The van der Waals surface area contributed by atoms with Gasteiger partial charge in [-0.15, -0.1) is 0 Å². The van der Waals surface area contributed by atoms with Crippen molar-refractivity contribution in [2.45, 2.75) is 0 Å². The standard InChI is InChI=1S/C19H15AsClN5O/c1-22-19(27)13-4-2-3-11(7-13)14-9-16-25-18(20)17(26(16)24-10-14)12-5-6-23-15(21)8-12/h2-10H,20H2,1H3,(H,22,27). The molecule has 1 atom stereocenters. The van der Waals surface area contributed by atoms with Gasteiger partial charge in [-0.1, -0.05) is 0 Å². The van der Waals surface area contributed by atoms with Crippen LogP contribution < -0.4 is 9.80 Å². The molecule has 6 nitrogen and oxygen atoms in total. The van der Waals surface area contributed by atoms with E-state index in [1.165, 1.54) is 16.9 Å². The molecule has 0 fully saturated rings. The number of hydrogen-bond acceptors (Lipinski definition) is 4. The number of carbonyl (C=O) groups is 1. The van der Waals surface area contributed by atoms with E-state index in [1.54, 1.807) is 36.1 Å². The number of nitrogens with one attached hydrogen (secondary N) is 1. The Hall–Kier alpha value is -2.69. The molecule has 0 spiro atoms. The summed E-state index contributed by atoms with van der Waals surface area (Å²) in [6, 6.07) is 13.1. The van der Waals surface area contributed by atoms with Crippen LogP contribution >= 0.6 is 11.6 Å². The van der Waals surface area contributed by atoms with Crippen molar-refractivity contribution in [2.75, 3.05) is 7.05 Å². The zero-order valence-corrected chi connectivity index (χ0v) is 17.5. The van der Waals surface area contributed by atoms with E-state index in [0.29, 0.717) is 10.7 Å². The number of pyridine rings is 1. The van der Waals surface area contributed by atoms with Crippen LogP contribution in [0.4, 0.5) is 0 Å². The number of carbonyl (C=O) groups excluding carboxylic acids is 1.